The van der Waals surface area contributed by atoms with E-state index in [1.165, 1.54) is 96.3 Å². The van der Waals surface area contributed by atoms with Gasteiger partial charge in [0.05, 0.1) is 20.4 Å². The molecular formula is C52H102NO9P. The van der Waals surface area contributed by atoms with Crippen molar-refractivity contribution >= 4 is 25.0 Å². The smallest absolute Gasteiger partial charge is 0.306 e. The normalized spacial score (nSPS) is 11.8. The van der Waals surface area contributed by atoms with Gasteiger partial charge in [0.1, 0.15) is 6.10 Å². The number of aliphatic hydroxyl groups excluding tert-OH is 2. The second-order valence-electron chi connectivity index (χ2n) is 18.4. The average molecular weight is 916 g/mol. The molecule has 2 N–H and O–H groups in total. The van der Waals surface area contributed by atoms with Crippen molar-refractivity contribution in [1.29, 1.82) is 0 Å². The molecule has 63 heavy (non-hydrogen) atoms. The number of esters is 3. The van der Waals surface area contributed by atoms with Crippen molar-refractivity contribution < 1.29 is 43.4 Å². The molecule has 0 rings (SSSR count). The van der Waals surface area contributed by atoms with Gasteiger partial charge in [-0.05, 0) is 90.3 Å². The monoisotopic (exact) mass is 916 g/mol. The first-order valence-corrected chi connectivity index (χ1v) is 29.0. The summed E-state index contributed by atoms with van der Waals surface area (Å²) in [5.41, 5.74) is 0. The van der Waals surface area contributed by atoms with E-state index in [4.69, 9.17) is 14.2 Å². The van der Waals surface area contributed by atoms with Gasteiger partial charge in [-0.1, -0.05) is 156 Å². The Labute approximate surface area is 388 Å². The molecule has 0 aliphatic heterocycles. The van der Waals surface area contributed by atoms with Gasteiger partial charge >= 0.3 is 17.9 Å². The highest BCUT2D eigenvalue weighted by Crippen LogP contribution is 2.44. The summed E-state index contributed by atoms with van der Waals surface area (Å²) in [5.74, 6) is -0.378. The van der Waals surface area contributed by atoms with Crippen LogP contribution in [0.25, 0.3) is 0 Å². The Morgan fingerprint density at radius 2 is 0.778 bits per heavy atom. The first kappa shape index (κ1) is 61.5. The molecule has 0 spiro atoms. The van der Waals surface area contributed by atoms with Crippen molar-refractivity contribution in [3.8, 4) is 0 Å². The largest absolute Gasteiger partial charge is 0.466 e. The number of rotatable bonds is 50. The quantitative estimate of drug-likeness (QED) is 0.0262. The molecule has 0 aromatic carbocycles. The second kappa shape index (κ2) is 47.0. The third-order valence-corrected chi connectivity index (χ3v) is 15.4. The molecule has 0 aromatic rings. The van der Waals surface area contributed by atoms with Crippen molar-refractivity contribution in [3.63, 3.8) is 0 Å². The number of nitrogens with zero attached hydrogens (tertiary/aromatic N) is 1. The summed E-state index contributed by atoms with van der Waals surface area (Å²) in [6, 6.07) is 0. The zero-order valence-corrected chi connectivity index (χ0v) is 42.4. The molecule has 374 valence electrons. The fraction of sp³-hybridized carbons (Fsp3) is 0.942. The van der Waals surface area contributed by atoms with Crippen LogP contribution in [0.4, 0.5) is 0 Å². The Morgan fingerprint density at radius 1 is 0.429 bits per heavy atom. The van der Waals surface area contributed by atoms with Crippen LogP contribution in [0.2, 0.25) is 0 Å². The van der Waals surface area contributed by atoms with Gasteiger partial charge in [0.25, 0.3) is 0 Å². The zero-order valence-electron chi connectivity index (χ0n) is 41.5. The molecule has 0 aliphatic rings. The summed E-state index contributed by atoms with van der Waals surface area (Å²) < 4.78 is 29.6. The molecule has 0 amide bonds. The lowest BCUT2D eigenvalue weighted by Crippen LogP contribution is -2.27. The standard InChI is InChI=1S/C52H102NO9P/c1-4-7-10-13-16-22-33-44-60-50(56)36-28-23-31-40-53(41-32-24-29-37-51(57)61-45-48-63(59,46-42-54)47-43-55)39-30-21-17-20-27-38-52(58)62-49(34-25-18-14-11-8-5-2)35-26-19-15-12-9-6-3/h49,54-55H,4-48H2,1-3H3. The van der Waals surface area contributed by atoms with E-state index < -0.39 is 7.14 Å². The number of hydrogen-bond donors (Lipinski definition) is 2. The lowest BCUT2D eigenvalue weighted by molar-refractivity contribution is -0.150. The summed E-state index contributed by atoms with van der Waals surface area (Å²) in [6.45, 7) is 9.90. The van der Waals surface area contributed by atoms with Crippen LogP contribution in [-0.4, -0.2) is 104 Å². The number of aliphatic hydroxyl groups is 2. The molecule has 10 nitrogen and oxygen atoms in total. The van der Waals surface area contributed by atoms with Crippen molar-refractivity contribution in [2.24, 2.45) is 0 Å². The van der Waals surface area contributed by atoms with Crippen LogP contribution in [-0.2, 0) is 33.2 Å². The average Bonchev–Trinajstić information content (AvgIpc) is 3.26. The summed E-state index contributed by atoms with van der Waals surface area (Å²) >= 11 is 0. The fourth-order valence-corrected chi connectivity index (χ4v) is 10.1. The molecule has 0 unspecified atom stereocenters. The lowest BCUT2D eigenvalue weighted by Gasteiger charge is -2.22. The molecular weight excluding hydrogens is 814 g/mol. The second-order valence-corrected chi connectivity index (χ2v) is 21.9. The van der Waals surface area contributed by atoms with Gasteiger partial charge in [-0.15, -0.1) is 0 Å². The molecule has 0 radical (unpaired) electrons. The maximum absolute atomic E-state index is 12.9. The van der Waals surface area contributed by atoms with Crippen molar-refractivity contribution in [1.82, 2.24) is 4.90 Å². The van der Waals surface area contributed by atoms with Crippen LogP contribution in [0.15, 0.2) is 0 Å². The highest BCUT2D eigenvalue weighted by molar-refractivity contribution is 7.64. The topological polar surface area (TPSA) is 140 Å². The minimum absolute atomic E-state index is 0.0141. The predicted octanol–water partition coefficient (Wildman–Crippen LogP) is 13.3. The van der Waals surface area contributed by atoms with E-state index in [0.29, 0.717) is 25.9 Å². The van der Waals surface area contributed by atoms with E-state index in [1.54, 1.807) is 0 Å². The minimum atomic E-state index is -2.72. The Bertz CT molecular complexity index is 1050. The Hall–Kier alpha value is -1.48. The maximum atomic E-state index is 12.9. The molecule has 0 saturated heterocycles. The zero-order chi connectivity index (χ0) is 46.3. The minimum Gasteiger partial charge on any atom is -0.466 e. The SMILES string of the molecule is CCCCCCCCCOC(=O)CCCCCN(CCCCCCCC(=O)OC(CCCCCCCC)CCCCCCCC)CCCCCC(=O)OCCP(=O)(CCO)CCO. The van der Waals surface area contributed by atoms with Gasteiger partial charge < -0.3 is 33.9 Å². The van der Waals surface area contributed by atoms with Crippen LogP contribution < -0.4 is 0 Å². The Morgan fingerprint density at radius 3 is 1.22 bits per heavy atom. The van der Waals surface area contributed by atoms with Gasteiger partial charge in [0, 0.05) is 51.0 Å². The molecule has 11 heteroatoms. The van der Waals surface area contributed by atoms with E-state index in [0.717, 1.165) is 129 Å². The van der Waals surface area contributed by atoms with Gasteiger partial charge in [0.2, 0.25) is 0 Å². The van der Waals surface area contributed by atoms with Crippen molar-refractivity contribution in [2.45, 2.75) is 252 Å². The summed E-state index contributed by atoms with van der Waals surface area (Å²) in [5, 5.41) is 18.4. The number of hydrogen-bond acceptors (Lipinski definition) is 10. The molecule has 0 atom stereocenters. The van der Waals surface area contributed by atoms with Gasteiger partial charge in [-0.2, -0.15) is 0 Å². The predicted molar refractivity (Wildman–Crippen MR) is 263 cm³/mol. The Balaban J connectivity index is 4.67. The highest BCUT2D eigenvalue weighted by Gasteiger charge is 2.21. The Kier molecular flexibility index (Phi) is 45.9. The first-order chi connectivity index (χ1) is 30.7. The van der Waals surface area contributed by atoms with Crippen LogP contribution in [0, 0.1) is 0 Å². The van der Waals surface area contributed by atoms with E-state index in [9.17, 15) is 29.2 Å². The third-order valence-electron chi connectivity index (χ3n) is 12.4. The summed E-state index contributed by atoms with van der Waals surface area (Å²) in [7, 11) is -2.72. The summed E-state index contributed by atoms with van der Waals surface area (Å²) in [4.78, 5) is 40.0. The highest BCUT2D eigenvalue weighted by atomic mass is 31.2. The molecule has 0 heterocycles. The van der Waals surface area contributed by atoms with Gasteiger partial charge in [-0.25, -0.2) is 0 Å². The number of carbonyl (C=O) groups is 3. The summed E-state index contributed by atoms with van der Waals surface area (Å²) in [6.07, 6.45) is 38.3. The van der Waals surface area contributed by atoms with E-state index in [-0.39, 0.29) is 62.3 Å². The van der Waals surface area contributed by atoms with Gasteiger partial charge in [-0.3, -0.25) is 14.4 Å². The van der Waals surface area contributed by atoms with Crippen LogP contribution in [0.5, 0.6) is 0 Å². The van der Waals surface area contributed by atoms with Crippen LogP contribution in [0.3, 0.4) is 0 Å². The molecule has 0 aliphatic carbocycles. The fourth-order valence-electron chi connectivity index (χ4n) is 8.26. The third kappa shape index (κ3) is 42.9. The molecule has 0 aromatic heterocycles. The molecule has 0 bridgehead atoms. The van der Waals surface area contributed by atoms with Crippen LogP contribution in [0.1, 0.15) is 245 Å². The first-order valence-electron chi connectivity index (χ1n) is 26.7. The number of carbonyl (C=O) groups excluding carboxylic acids is 3. The van der Waals surface area contributed by atoms with Crippen molar-refractivity contribution in [2.75, 3.05) is 64.5 Å². The number of ether oxygens (including phenoxy) is 3. The molecule has 0 saturated carbocycles. The number of unbranched alkanes of at least 4 members (excludes halogenated alkanes) is 24. The van der Waals surface area contributed by atoms with E-state index >= 15 is 0 Å². The van der Waals surface area contributed by atoms with E-state index in [1.807, 2.05) is 0 Å². The van der Waals surface area contributed by atoms with Crippen molar-refractivity contribution in [3.05, 3.63) is 0 Å². The molecule has 0 fully saturated rings. The van der Waals surface area contributed by atoms with E-state index in [2.05, 4.69) is 25.7 Å². The lowest BCUT2D eigenvalue weighted by atomic mass is 10.0. The maximum Gasteiger partial charge on any atom is 0.306 e. The van der Waals surface area contributed by atoms with Crippen LogP contribution >= 0.6 is 7.14 Å². The van der Waals surface area contributed by atoms with Gasteiger partial charge in [0.15, 0.2) is 0 Å².